The fraction of sp³-hybridized carbons (Fsp3) is 0.857. The lowest BCUT2D eigenvalue weighted by Gasteiger charge is -2.01. The number of nitrogens with two attached hydrogens (primary N) is 1. The smallest absolute Gasteiger partial charge is 0.0679 e. The van der Waals surface area contributed by atoms with E-state index >= 15 is 0 Å². The van der Waals surface area contributed by atoms with E-state index in [2.05, 4.69) is 24.9 Å². The summed E-state index contributed by atoms with van der Waals surface area (Å²) in [5.41, 5.74) is 0. The van der Waals surface area contributed by atoms with Crippen molar-refractivity contribution >= 4 is 0 Å². The molecule has 0 aromatic heterocycles. The Morgan fingerprint density at radius 3 is 1.47 bits per heavy atom. The van der Waals surface area contributed by atoms with Gasteiger partial charge in [-0.1, -0.05) is 64.7 Å². The minimum atomic E-state index is 0. The molecule has 0 amide bonds. The van der Waals surface area contributed by atoms with E-state index in [0.717, 1.165) is 13.0 Å². The fourth-order valence-electron chi connectivity index (χ4n) is 1.67. The second-order valence-corrected chi connectivity index (χ2v) is 4.05. The summed E-state index contributed by atoms with van der Waals surface area (Å²) in [7, 11) is 0. The highest BCUT2D eigenvalue weighted by molar-refractivity contribution is 4.46. The third-order valence-electron chi connectivity index (χ3n) is 2.62. The molecule has 0 saturated heterocycles. The first kappa shape index (κ1) is 21.9. The minimum absolute atomic E-state index is 0. The average Bonchev–Trinajstić information content (AvgIpc) is 2.34. The predicted molar refractivity (Wildman–Crippen MR) is 76.9 cm³/mol. The quantitative estimate of drug-likeness (QED) is 0.343. The summed E-state index contributed by atoms with van der Waals surface area (Å²) in [6, 6.07) is 0. The van der Waals surface area contributed by atoms with Gasteiger partial charge >= 0.3 is 0 Å². The fourth-order valence-corrected chi connectivity index (χ4v) is 1.67. The summed E-state index contributed by atoms with van der Waals surface area (Å²) in [6.45, 7) is 8.98. The molecule has 3 heteroatoms. The van der Waals surface area contributed by atoms with Gasteiger partial charge in [0, 0.05) is 0 Å². The largest absolute Gasteiger partial charge is 0.412 e. The minimum Gasteiger partial charge on any atom is -0.412 e. The normalized spacial score (nSPS) is 9.06. The molecule has 0 fully saturated rings. The lowest BCUT2D eigenvalue weighted by molar-refractivity contribution is 0.133. The Kier molecular flexibility index (Phi) is 31.8. The zero-order chi connectivity index (χ0) is 12.5. The topological polar surface area (TPSA) is 66.8 Å². The van der Waals surface area contributed by atoms with Crippen molar-refractivity contribution < 1.29 is 10.3 Å². The van der Waals surface area contributed by atoms with Crippen LogP contribution < -0.4 is 5.90 Å². The van der Waals surface area contributed by atoms with E-state index in [1.54, 1.807) is 0 Å². The number of rotatable bonds is 11. The third-order valence-corrected chi connectivity index (χ3v) is 2.62. The van der Waals surface area contributed by atoms with Crippen LogP contribution in [0.15, 0.2) is 13.2 Å². The van der Waals surface area contributed by atoms with E-state index in [-0.39, 0.29) is 5.48 Å². The van der Waals surface area contributed by atoms with E-state index in [0.29, 0.717) is 0 Å². The lowest BCUT2D eigenvalue weighted by atomic mass is 10.1. The molecule has 0 bridgehead atoms. The van der Waals surface area contributed by atoms with Crippen LogP contribution in [0.3, 0.4) is 0 Å². The zero-order valence-electron chi connectivity index (χ0n) is 11.7. The van der Waals surface area contributed by atoms with Crippen molar-refractivity contribution in [3.8, 4) is 0 Å². The van der Waals surface area contributed by atoms with Gasteiger partial charge in [-0.3, -0.25) is 0 Å². The Labute approximate surface area is 108 Å². The van der Waals surface area contributed by atoms with E-state index in [9.17, 15) is 0 Å². The van der Waals surface area contributed by atoms with Crippen molar-refractivity contribution in [1.82, 2.24) is 0 Å². The number of unbranched alkanes of at least 4 members (excludes halogenated alkanes) is 9. The summed E-state index contributed by atoms with van der Waals surface area (Å²) >= 11 is 0. The van der Waals surface area contributed by atoms with Gasteiger partial charge in [0.2, 0.25) is 0 Å². The molecular formula is C14H33NO2. The van der Waals surface area contributed by atoms with E-state index in [1.165, 1.54) is 57.8 Å². The predicted octanol–water partition coefficient (Wildman–Crippen LogP) is 3.78. The molecular weight excluding hydrogens is 214 g/mol. The van der Waals surface area contributed by atoms with Crippen molar-refractivity contribution in [2.75, 3.05) is 6.61 Å². The van der Waals surface area contributed by atoms with Crippen LogP contribution in [0.1, 0.15) is 71.1 Å². The van der Waals surface area contributed by atoms with E-state index < -0.39 is 0 Å². The first-order chi connectivity index (χ1) is 7.91. The molecule has 0 saturated carbocycles. The van der Waals surface area contributed by atoms with Crippen LogP contribution in [0.2, 0.25) is 0 Å². The summed E-state index contributed by atoms with van der Waals surface area (Å²) < 4.78 is 0. The van der Waals surface area contributed by atoms with Gasteiger partial charge in [-0.05, 0) is 6.42 Å². The van der Waals surface area contributed by atoms with Crippen LogP contribution in [-0.4, -0.2) is 12.1 Å². The molecule has 0 radical (unpaired) electrons. The molecule has 0 unspecified atom stereocenters. The molecule has 0 rings (SSSR count). The molecule has 4 N–H and O–H groups in total. The molecule has 17 heavy (non-hydrogen) atoms. The summed E-state index contributed by atoms with van der Waals surface area (Å²) in [6.07, 6.45) is 13.6. The Hall–Kier alpha value is -0.380. The standard InChI is InChI=1S/C12H27NO.C2H4.H2O/c1-2-3-4-5-6-7-8-9-10-11-12-14-13;1-2;/h2-13H2,1H3;1-2H2;1H2. The van der Waals surface area contributed by atoms with Gasteiger partial charge in [-0.15, -0.1) is 13.2 Å². The van der Waals surface area contributed by atoms with Crippen molar-refractivity contribution in [2.45, 2.75) is 71.1 Å². The van der Waals surface area contributed by atoms with Crippen molar-refractivity contribution in [3.05, 3.63) is 13.2 Å². The second kappa shape index (κ2) is 24.7. The van der Waals surface area contributed by atoms with Crippen LogP contribution in [0.25, 0.3) is 0 Å². The van der Waals surface area contributed by atoms with E-state index in [4.69, 9.17) is 5.90 Å². The highest BCUT2D eigenvalue weighted by Gasteiger charge is 1.91. The first-order valence-corrected chi connectivity index (χ1v) is 6.73. The van der Waals surface area contributed by atoms with Crippen LogP contribution in [0, 0.1) is 0 Å². The maximum atomic E-state index is 4.94. The molecule has 0 aromatic rings. The van der Waals surface area contributed by atoms with Gasteiger partial charge in [0.25, 0.3) is 0 Å². The highest BCUT2D eigenvalue weighted by Crippen LogP contribution is 2.10. The molecule has 106 valence electrons. The SMILES string of the molecule is C=C.CCCCCCCCCCCCON.O. The molecule has 0 heterocycles. The van der Waals surface area contributed by atoms with Gasteiger partial charge in [-0.25, -0.2) is 5.90 Å². The number of hydrogen-bond donors (Lipinski definition) is 1. The summed E-state index contributed by atoms with van der Waals surface area (Å²) in [4.78, 5) is 4.51. The monoisotopic (exact) mass is 247 g/mol. The van der Waals surface area contributed by atoms with Crippen LogP contribution in [0.5, 0.6) is 0 Å². The van der Waals surface area contributed by atoms with Gasteiger partial charge in [0.1, 0.15) is 0 Å². The van der Waals surface area contributed by atoms with Gasteiger partial charge in [0.15, 0.2) is 0 Å². The van der Waals surface area contributed by atoms with E-state index in [1.807, 2.05) is 0 Å². The van der Waals surface area contributed by atoms with Crippen molar-refractivity contribution in [1.29, 1.82) is 0 Å². The highest BCUT2D eigenvalue weighted by atomic mass is 16.6. The Balaban J connectivity index is -0.000000616. The van der Waals surface area contributed by atoms with Crippen molar-refractivity contribution in [2.24, 2.45) is 5.90 Å². The first-order valence-electron chi connectivity index (χ1n) is 6.73. The maximum absolute atomic E-state index is 4.94. The average molecular weight is 247 g/mol. The second-order valence-electron chi connectivity index (χ2n) is 4.05. The molecule has 3 nitrogen and oxygen atoms in total. The molecule has 0 aliphatic carbocycles. The Morgan fingerprint density at radius 2 is 1.12 bits per heavy atom. The molecule has 0 aromatic carbocycles. The summed E-state index contributed by atoms with van der Waals surface area (Å²) in [5.74, 6) is 4.94. The van der Waals surface area contributed by atoms with Gasteiger partial charge < -0.3 is 10.3 Å². The summed E-state index contributed by atoms with van der Waals surface area (Å²) in [5, 5.41) is 0. The zero-order valence-corrected chi connectivity index (χ0v) is 11.7. The van der Waals surface area contributed by atoms with Gasteiger partial charge in [-0.2, -0.15) is 0 Å². The van der Waals surface area contributed by atoms with Crippen LogP contribution in [-0.2, 0) is 4.84 Å². The number of hydrogen-bond acceptors (Lipinski definition) is 2. The van der Waals surface area contributed by atoms with Crippen LogP contribution >= 0.6 is 0 Å². The third kappa shape index (κ3) is 25.7. The van der Waals surface area contributed by atoms with Crippen LogP contribution in [0.4, 0.5) is 0 Å². The Morgan fingerprint density at radius 1 is 0.765 bits per heavy atom. The molecule has 0 aliphatic rings. The maximum Gasteiger partial charge on any atom is 0.0679 e. The molecule has 0 aliphatic heterocycles. The molecule has 0 atom stereocenters. The lowest BCUT2D eigenvalue weighted by Crippen LogP contribution is -2.00. The van der Waals surface area contributed by atoms with Gasteiger partial charge in [0.05, 0.1) is 6.61 Å². The Bertz CT molecular complexity index is 98.4. The van der Waals surface area contributed by atoms with Crippen molar-refractivity contribution in [3.63, 3.8) is 0 Å². The molecule has 0 spiro atoms.